The van der Waals surface area contributed by atoms with Crippen LogP contribution >= 0.6 is 11.6 Å². The Morgan fingerprint density at radius 2 is 2.07 bits per heavy atom. The standard InChI is InChI=1S/C22H21ClN4O3/c1-15-5-8-21(28)27(25-15)14-22(29)26-9-10-30-20(13-26)19-7-6-17(12-24-19)16-3-2-4-18(23)11-16/h2-8,11-12,20H,9-10,13-14H2,1H3/t20-/m0/s1. The maximum atomic E-state index is 12.7. The van der Waals surface area contributed by atoms with Crippen molar-refractivity contribution in [3.63, 3.8) is 0 Å². The predicted molar refractivity (Wildman–Crippen MR) is 113 cm³/mol. The van der Waals surface area contributed by atoms with E-state index in [1.54, 1.807) is 24.1 Å². The summed E-state index contributed by atoms with van der Waals surface area (Å²) < 4.78 is 7.04. The average Bonchev–Trinajstić information content (AvgIpc) is 2.76. The van der Waals surface area contributed by atoms with Gasteiger partial charge in [-0.15, -0.1) is 0 Å². The first-order valence-corrected chi connectivity index (χ1v) is 10.0. The lowest BCUT2D eigenvalue weighted by Crippen LogP contribution is -2.45. The van der Waals surface area contributed by atoms with Crippen LogP contribution < -0.4 is 5.56 Å². The predicted octanol–water partition coefficient (Wildman–Crippen LogP) is 2.87. The van der Waals surface area contributed by atoms with Crippen LogP contribution in [0.25, 0.3) is 11.1 Å². The van der Waals surface area contributed by atoms with Crippen molar-refractivity contribution >= 4 is 17.5 Å². The zero-order chi connectivity index (χ0) is 21.1. The van der Waals surface area contributed by atoms with Gasteiger partial charge in [-0.3, -0.25) is 14.6 Å². The summed E-state index contributed by atoms with van der Waals surface area (Å²) in [7, 11) is 0. The molecule has 2 aromatic heterocycles. The second-order valence-electron chi connectivity index (χ2n) is 7.15. The number of aromatic nitrogens is 3. The first-order valence-electron chi connectivity index (χ1n) is 9.65. The highest BCUT2D eigenvalue weighted by atomic mass is 35.5. The van der Waals surface area contributed by atoms with E-state index >= 15 is 0 Å². The molecule has 0 saturated carbocycles. The van der Waals surface area contributed by atoms with Crippen LogP contribution in [0.5, 0.6) is 0 Å². The van der Waals surface area contributed by atoms with Crippen LogP contribution in [0, 0.1) is 6.92 Å². The Morgan fingerprint density at radius 3 is 2.83 bits per heavy atom. The fraction of sp³-hybridized carbons (Fsp3) is 0.273. The summed E-state index contributed by atoms with van der Waals surface area (Å²) >= 11 is 6.07. The van der Waals surface area contributed by atoms with Crippen molar-refractivity contribution in [1.82, 2.24) is 19.7 Å². The Hall–Kier alpha value is -3.03. The largest absolute Gasteiger partial charge is 0.368 e. The van der Waals surface area contributed by atoms with E-state index in [0.29, 0.717) is 30.4 Å². The van der Waals surface area contributed by atoms with E-state index in [2.05, 4.69) is 10.1 Å². The van der Waals surface area contributed by atoms with Crippen molar-refractivity contribution in [3.8, 4) is 11.1 Å². The van der Waals surface area contributed by atoms with Crippen molar-refractivity contribution in [2.45, 2.75) is 19.6 Å². The maximum Gasteiger partial charge on any atom is 0.267 e. The molecular weight excluding hydrogens is 404 g/mol. The van der Waals surface area contributed by atoms with Crippen molar-refractivity contribution in [2.24, 2.45) is 0 Å². The monoisotopic (exact) mass is 424 g/mol. The normalized spacial score (nSPS) is 16.5. The molecule has 3 aromatic rings. The van der Waals surface area contributed by atoms with Gasteiger partial charge in [-0.1, -0.05) is 29.8 Å². The molecule has 154 valence electrons. The molecule has 3 heterocycles. The lowest BCUT2D eigenvalue weighted by Gasteiger charge is -2.32. The minimum absolute atomic E-state index is 0.0889. The number of benzene rings is 1. The third-order valence-corrected chi connectivity index (χ3v) is 5.21. The molecule has 1 aromatic carbocycles. The Balaban J connectivity index is 1.45. The Labute approximate surface area is 178 Å². The molecule has 1 amide bonds. The number of nitrogens with zero attached hydrogens (tertiary/aromatic N) is 4. The number of carbonyl (C=O) groups excluding carboxylic acids is 1. The Morgan fingerprint density at radius 1 is 1.20 bits per heavy atom. The number of carbonyl (C=O) groups is 1. The van der Waals surface area contributed by atoms with Gasteiger partial charge in [-0.25, -0.2) is 4.68 Å². The Kier molecular flexibility index (Phi) is 5.92. The summed E-state index contributed by atoms with van der Waals surface area (Å²) in [4.78, 5) is 30.9. The van der Waals surface area contributed by atoms with Crippen LogP contribution in [0.3, 0.4) is 0 Å². The molecular formula is C22H21ClN4O3. The first kappa shape index (κ1) is 20.3. The van der Waals surface area contributed by atoms with Crippen LogP contribution in [-0.2, 0) is 16.1 Å². The summed E-state index contributed by atoms with van der Waals surface area (Å²) in [5.41, 5.74) is 3.08. The molecule has 7 nitrogen and oxygen atoms in total. The van der Waals surface area contributed by atoms with Crippen LogP contribution in [0.2, 0.25) is 5.02 Å². The van der Waals surface area contributed by atoms with E-state index < -0.39 is 0 Å². The summed E-state index contributed by atoms with van der Waals surface area (Å²) in [6.07, 6.45) is 1.46. The molecule has 0 radical (unpaired) electrons. The fourth-order valence-electron chi connectivity index (χ4n) is 3.38. The van der Waals surface area contributed by atoms with E-state index in [0.717, 1.165) is 16.8 Å². The van der Waals surface area contributed by atoms with Gasteiger partial charge in [0, 0.05) is 29.4 Å². The number of morpholine rings is 1. The highest BCUT2D eigenvalue weighted by molar-refractivity contribution is 6.30. The number of ether oxygens (including phenoxy) is 1. The number of hydrogen-bond donors (Lipinski definition) is 0. The van der Waals surface area contributed by atoms with Gasteiger partial charge in [0.2, 0.25) is 5.91 Å². The van der Waals surface area contributed by atoms with Crippen LogP contribution in [-0.4, -0.2) is 45.3 Å². The molecule has 8 heteroatoms. The number of hydrogen-bond acceptors (Lipinski definition) is 5. The molecule has 1 aliphatic heterocycles. The van der Waals surface area contributed by atoms with Gasteiger partial charge in [0.15, 0.2) is 0 Å². The van der Waals surface area contributed by atoms with Gasteiger partial charge in [0.25, 0.3) is 5.56 Å². The van der Waals surface area contributed by atoms with Crippen LogP contribution in [0.4, 0.5) is 0 Å². The summed E-state index contributed by atoms with van der Waals surface area (Å²) in [6.45, 7) is 2.95. The number of aryl methyl sites for hydroxylation is 1. The first-order chi connectivity index (χ1) is 14.5. The molecule has 0 bridgehead atoms. The fourth-order valence-corrected chi connectivity index (χ4v) is 3.57. The second-order valence-corrected chi connectivity index (χ2v) is 7.59. The minimum atomic E-state index is -0.321. The van der Waals surface area contributed by atoms with Gasteiger partial charge in [0.05, 0.1) is 24.5 Å². The SMILES string of the molecule is Cc1ccc(=O)n(CC(=O)N2CCO[C@H](c3ccc(-c4cccc(Cl)c4)cn3)C2)n1. The van der Waals surface area contributed by atoms with E-state index in [-0.39, 0.29) is 24.1 Å². The smallest absolute Gasteiger partial charge is 0.267 e. The number of rotatable bonds is 4. The highest BCUT2D eigenvalue weighted by Gasteiger charge is 2.26. The molecule has 1 aliphatic rings. The zero-order valence-corrected chi connectivity index (χ0v) is 17.2. The molecule has 0 aliphatic carbocycles. The molecule has 1 atom stereocenters. The number of pyridine rings is 1. The van der Waals surface area contributed by atoms with Gasteiger partial charge in [-0.2, -0.15) is 5.10 Å². The second kappa shape index (κ2) is 8.77. The molecule has 0 unspecified atom stereocenters. The third kappa shape index (κ3) is 4.58. The molecule has 1 saturated heterocycles. The zero-order valence-electron chi connectivity index (χ0n) is 16.5. The van der Waals surface area contributed by atoms with Crippen molar-refractivity contribution < 1.29 is 9.53 Å². The number of halogens is 1. The van der Waals surface area contributed by atoms with Gasteiger partial charge < -0.3 is 9.64 Å². The lowest BCUT2D eigenvalue weighted by molar-refractivity contribution is -0.140. The van der Waals surface area contributed by atoms with Gasteiger partial charge in [0.1, 0.15) is 12.6 Å². The van der Waals surface area contributed by atoms with Crippen molar-refractivity contribution in [1.29, 1.82) is 0 Å². The summed E-state index contributed by atoms with van der Waals surface area (Å²) in [5, 5.41) is 4.80. The van der Waals surface area contributed by atoms with Gasteiger partial charge in [-0.05, 0) is 36.8 Å². The summed E-state index contributed by atoms with van der Waals surface area (Å²) in [6, 6.07) is 14.5. The molecule has 0 spiro atoms. The minimum Gasteiger partial charge on any atom is -0.368 e. The molecule has 4 rings (SSSR count). The van der Waals surface area contributed by atoms with Crippen LogP contribution in [0.1, 0.15) is 17.5 Å². The topological polar surface area (TPSA) is 77.3 Å². The molecule has 30 heavy (non-hydrogen) atoms. The summed E-state index contributed by atoms with van der Waals surface area (Å²) in [5.74, 6) is -0.168. The van der Waals surface area contributed by atoms with E-state index in [9.17, 15) is 9.59 Å². The average molecular weight is 425 g/mol. The van der Waals surface area contributed by atoms with Crippen LogP contribution in [0.15, 0.2) is 59.5 Å². The van der Waals surface area contributed by atoms with Crippen molar-refractivity contribution in [3.05, 3.63) is 81.5 Å². The highest BCUT2D eigenvalue weighted by Crippen LogP contribution is 2.25. The quantitative estimate of drug-likeness (QED) is 0.643. The maximum absolute atomic E-state index is 12.7. The van der Waals surface area contributed by atoms with E-state index in [1.807, 2.05) is 36.4 Å². The van der Waals surface area contributed by atoms with Crippen molar-refractivity contribution in [2.75, 3.05) is 19.7 Å². The molecule has 0 N–H and O–H groups in total. The molecule has 1 fully saturated rings. The van der Waals surface area contributed by atoms with E-state index in [4.69, 9.17) is 16.3 Å². The third-order valence-electron chi connectivity index (χ3n) is 4.98. The number of amides is 1. The van der Waals surface area contributed by atoms with Gasteiger partial charge >= 0.3 is 0 Å². The van der Waals surface area contributed by atoms with E-state index in [1.165, 1.54) is 10.7 Å². The lowest BCUT2D eigenvalue weighted by atomic mass is 10.1. The Bertz CT molecular complexity index is 1110.